The summed E-state index contributed by atoms with van der Waals surface area (Å²) in [5, 5.41) is 14.6. The molecule has 0 radical (unpaired) electrons. The maximum atomic E-state index is 15.5. The van der Waals surface area contributed by atoms with Crippen molar-refractivity contribution in [3.63, 3.8) is 0 Å². The summed E-state index contributed by atoms with van der Waals surface area (Å²) in [5.41, 5.74) is -7.80. The quantitative estimate of drug-likeness (QED) is 0.318. The molecule has 7 nitrogen and oxygen atoms in total. The van der Waals surface area contributed by atoms with Crippen LogP contribution in [0, 0.1) is 12.7 Å². The van der Waals surface area contributed by atoms with Gasteiger partial charge in [0.05, 0.1) is 29.2 Å². The Bertz CT molecular complexity index is 1690. The molecule has 4 aromatic rings. The second-order valence-electron chi connectivity index (χ2n) is 9.53. The smallest absolute Gasteiger partial charge is 0.414 e. The van der Waals surface area contributed by atoms with Gasteiger partial charge in [-0.2, -0.15) is 18.3 Å². The van der Waals surface area contributed by atoms with Gasteiger partial charge in [0.25, 0.3) is 5.91 Å². The average Bonchev–Trinajstić information content (AvgIpc) is 3.48. The number of fused-ring (bicyclic) bond motifs is 3. The summed E-state index contributed by atoms with van der Waals surface area (Å²) in [7, 11) is 0. The summed E-state index contributed by atoms with van der Waals surface area (Å²) >= 11 is 6.22. The van der Waals surface area contributed by atoms with Crippen molar-refractivity contribution >= 4 is 29.2 Å². The molecule has 0 unspecified atom stereocenters. The van der Waals surface area contributed by atoms with Gasteiger partial charge in [-0.15, -0.1) is 0 Å². The molecule has 0 aliphatic carbocycles. The normalized spacial score (nSPS) is 21.4. The zero-order valence-electron chi connectivity index (χ0n) is 20.5. The number of aromatic nitrogens is 2. The van der Waals surface area contributed by atoms with Gasteiger partial charge in [0.15, 0.2) is 0 Å². The van der Waals surface area contributed by atoms with Crippen LogP contribution in [0.4, 0.5) is 23.2 Å². The molecular weight excluding hydrogens is 554 g/mol. The summed E-state index contributed by atoms with van der Waals surface area (Å²) < 4.78 is 67.0. The Kier molecular flexibility index (Phi) is 5.54. The number of halogens is 5. The molecule has 204 valence electrons. The van der Waals surface area contributed by atoms with Crippen LogP contribution < -0.4 is 9.64 Å². The maximum absolute atomic E-state index is 15.5. The minimum Gasteiger partial charge on any atom is -0.480 e. The largest absolute Gasteiger partial charge is 0.480 e. The Labute approximate surface area is 229 Å². The summed E-state index contributed by atoms with van der Waals surface area (Å²) in [6, 6.07) is 17.0. The standard InChI is InChI=1S/C28H18ClF4N3O4/c1-15-22-23(36(34-15)19-10-8-18(30)9-11-19)40-27(26(22,25(38)39)28(31,32)33)20-13-17(29)7-12-21(20)35(24(27)37)14-16-5-3-2-4-6-16/h2-13H,14H2,1H3,(H,38,39)/t26-,27-/m0/s1. The number of alkyl halides is 3. The molecule has 1 aromatic heterocycles. The molecule has 0 saturated heterocycles. The lowest BCUT2D eigenvalue weighted by Gasteiger charge is -2.39. The maximum Gasteiger partial charge on any atom is 0.414 e. The second kappa shape index (κ2) is 8.56. The topological polar surface area (TPSA) is 84.7 Å². The number of rotatable bonds is 4. The van der Waals surface area contributed by atoms with Gasteiger partial charge >= 0.3 is 12.1 Å². The van der Waals surface area contributed by atoms with Crippen LogP contribution in [0.3, 0.4) is 0 Å². The summed E-state index contributed by atoms with van der Waals surface area (Å²) in [4.78, 5) is 28.5. The minimum absolute atomic E-state index is 0.0228. The van der Waals surface area contributed by atoms with Gasteiger partial charge in [0.1, 0.15) is 5.82 Å². The first-order valence-electron chi connectivity index (χ1n) is 11.9. The third-order valence-corrected chi connectivity index (χ3v) is 7.58. The van der Waals surface area contributed by atoms with Crippen LogP contribution in [0.1, 0.15) is 22.4 Å². The molecule has 0 fully saturated rings. The predicted molar refractivity (Wildman–Crippen MR) is 135 cm³/mol. The fraction of sp³-hybridized carbons (Fsp3) is 0.179. The van der Waals surface area contributed by atoms with Gasteiger partial charge in [-0.25, -0.2) is 9.07 Å². The van der Waals surface area contributed by atoms with Crippen molar-refractivity contribution < 1.29 is 37.0 Å². The number of benzene rings is 3. The second-order valence-corrected chi connectivity index (χ2v) is 9.96. The van der Waals surface area contributed by atoms with Gasteiger partial charge < -0.3 is 14.7 Å². The molecule has 0 bridgehead atoms. The third-order valence-electron chi connectivity index (χ3n) is 7.35. The van der Waals surface area contributed by atoms with Gasteiger partial charge in [-0.05, 0) is 55.0 Å². The lowest BCUT2D eigenvalue weighted by molar-refractivity contribution is -0.235. The van der Waals surface area contributed by atoms with Crippen molar-refractivity contribution in [1.82, 2.24) is 9.78 Å². The van der Waals surface area contributed by atoms with E-state index in [4.69, 9.17) is 16.3 Å². The van der Waals surface area contributed by atoms with Crippen LogP contribution >= 0.6 is 11.6 Å². The van der Waals surface area contributed by atoms with Crippen LogP contribution in [-0.4, -0.2) is 32.9 Å². The van der Waals surface area contributed by atoms with Crippen LogP contribution in [0.25, 0.3) is 5.69 Å². The lowest BCUT2D eigenvalue weighted by Crippen LogP contribution is -2.66. The number of hydrogen-bond donors (Lipinski definition) is 1. The van der Waals surface area contributed by atoms with Crippen molar-refractivity contribution in [2.24, 2.45) is 0 Å². The van der Waals surface area contributed by atoms with Crippen LogP contribution in [-0.2, 0) is 27.1 Å². The zero-order chi connectivity index (χ0) is 28.6. The van der Waals surface area contributed by atoms with E-state index in [1.54, 1.807) is 30.3 Å². The van der Waals surface area contributed by atoms with E-state index in [1.807, 2.05) is 0 Å². The van der Waals surface area contributed by atoms with Crippen molar-refractivity contribution in [3.8, 4) is 11.6 Å². The van der Waals surface area contributed by atoms with E-state index in [1.165, 1.54) is 31.2 Å². The highest BCUT2D eigenvalue weighted by molar-refractivity contribution is 6.31. The van der Waals surface area contributed by atoms with Gasteiger partial charge in [-0.3, -0.25) is 9.59 Å². The number of ether oxygens (including phenoxy) is 1. The van der Waals surface area contributed by atoms with Crippen molar-refractivity contribution in [2.75, 3.05) is 4.90 Å². The molecule has 12 heteroatoms. The highest BCUT2D eigenvalue weighted by Crippen LogP contribution is 2.66. The number of carboxylic acid groups (broad SMARTS) is 1. The molecule has 3 aromatic carbocycles. The first-order valence-corrected chi connectivity index (χ1v) is 12.3. The average molecular weight is 572 g/mol. The Morgan fingerprint density at radius 1 is 1.07 bits per heavy atom. The highest BCUT2D eigenvalue weighted by Gasteiger charge is 2.85. The van der Waals surface area contributed by atoms with Crippen LogP contribution in [0.2, 0.25) is 5.02 Å². The molecule has 1 N–H and O–H groups in total. The van der Waals surface area contributed by atoms with E-state index in [0.717, 1.165) is 27.8 Å². The number of carbonyl (C=O) groups is 2. The molecule has 2 aliphatic heterocycles. The van der Waals surface area contributed by atoms with E-state index >= 15 is 13.2 Å². The van der Waals surface area contributed by atoms with Crippen molar-refractivity contribution in [2.45, 2.75) is 30.7 Å². The molecule has 40 heavy (non-hydrogen) atoms. The van der Waals surface area contributed by atoms with E-state index in [-0.39, 0.29) is 34.2 Å². The van der Waals surface area contributed by atoms with E-state index in [0.29, 0.717) is 5.56 Å². The van der Waals surface area contributed by atoms with Gasteiger partial charge in [-0.1, -0.05) is 41.9 Å². The monoisotopic (exact) mass is 571 g/mol. The minimum atomic E-state index is -5.55. The summed E-state index contributed by atoms with van der Waals surface area (Å²) in [6.07, 6.45) is -5.55. The van der Waals surface area contributed by atoms with Crippen molar-refractivity contribution in [1.29, 1.82) is 0 Å². The number of aryl methyl sites for hydroxylation is 1. The zero-order valence-corrected chi connectivity index (χ0v) is 21.3. The lowest BCUT2D eigenvalue weighted by atomic mass is 9.65. The molecule has 1 spiro atoms. The number of amides is 1. The Morgan fingerprint density at radius 2 is 1.75 bits per heavy atom. The van der Waals surface area contributed by atoms with Gasteiger partial charge in [0, 0.05) is 10.6 Å². The molecule has 2 aliphatic rings. The number of aliphatic carboxylic acids is 1. The van der Waals surface area contributed by atoms with E-state index in [2.05, 4.69) is 5.10 Å². The Morgan fingerprint density at radius 3 is 2.38 bits per heavy atom. The molecule has 2 atom stereocenters. The first-order chi connectivity index (χ1) is 18.9. The number of anilines is 1. The predicted octanol–water partition coefficient (Wildman–Crippen LogP) is 5.69. The fourth-order valence-electron chi connectivity index (χ4n) is 5.73. The number of nitrogens with zero attached hydrogens (tertiary/aromatic N) is 3. The van der Waals surface area contributed by atoms with E-state index < -0.39 is 46.3 Å². The number of hydrogen-bond acceptors (Lipinski definition) is 4. The number of carbonyl (C=O) groups excluding carboxylic acids is 1. The first kappa shape index (κ1) is 25.9. The highest BCUT2D eigenvalue weighted by atomic mass is 35.5. The summed E-state index contributed by atoms with van der Waals surface area (Å²) in [5.74, 6) is -4.77. The molecule has 6 rings (SSSR count). The molecule has 1 amide bonds. The Hall–Kier alpha value is -4.38. The summed E-state index contributed by atoms with van der Waals surface area (Å²) in [6.45, 7) is 1.04. The van der Waals surface area contributed by atoms with Crippen LogP contribution in [0.15, 0.2) is 72.8 Å². The molecule has 0 saturated carbocycles. The fourth-order valence-corrected chi connectivity index (χ4v) is 5.90. The third kappa shape index (κ3) is 3.21. The van der Waals surface area contributed by atoms with Gasteiger partial charge in [0.2, 0.25) is 16.9 Å². The molecular formula is C28H18ClF4N3O4. The van der Waals surface area contributed by atoms with Crippen LogP contribution in [0.5, 0.6) is 5.88 Å². The van der Waals surface area contributed by atoms with E-state index in [9.17, 15) is 19.1 Å². The molecule has 3 heterocycles. The Balaban J connectivity index is 1.68. The van der Waals surface area contributed by atoms with Crippen molar-refractivity contribution in [3.05, 3.63) is 106 Å². The SMILES string of the molecule is Cc1nn(-c2ccc(F)cc2)c2c1[C@@](C(=O)O)(C(F)(F)F)[C@@]1(O2)C(=O)N(Cc2ccccc2)c2ccc(Cl)cc21. The number of carboxylic acids is 1.